The molecule has 1 amide bonds. The van der Waals surface area contributed by atoms with Gasteiger partial charge in [-0.2, -0.15) is 0 Å². The van der Waals surface area contributed by atoms with E-state index >= 15 is 0 Å². The van der Waals surface area contributed by atoms with Crippen LogP contribution in [0.4, 0.5) is 4.79 Å². The summed E-state index contributed by atoms with van der Waals surface area (Å²) >= 11 is 2.19. The van der Waals surface area contributed by atoms with Crippen molar-refractivity contribution in [1.82, 2.24) is 4.90 Å². The van der Waals surface area contributed by atoms with E-state index in [1.807, 2.05) is 30.3 Å². The predicted molar refractivity (Wildman–Crippen MR) is 72.1 cm³/mol. The van der Waals surface area contributed by atoms with Gasteiger partial charge in [-0.25, -0.2) is 4.79 Å². The fourth-order valence-electron chi connectivity index (χ4n) is 1.94. The Morgan fingerprint density at radius 2 is 2.18 bits per heavy atom. The number of cyclic esters (lactones) is 1. The molecule has 4 nitrogen and oxygen atoms in total. The summed E-state index contributed by atoms with van der Waals surface area (Å²) in [5.41, 5.74) is 0.932. The molecule has 1 fully saturated rings. The Hall–Kier alpha value is -0.820. The molecule has 1 heterocycles. The zero-order valence-corrected chi connectivity index (χ0v) is 11.4. The van der Waals surface area contributed by atoms with Gasteiger partial charge in [0.2, 0.25) is 0 Å². The number of hydrogen-bond acceptors (Lipinski definition) is 3. The van der Waals surface area contributed by atoms with Gasteiger partial charge in [0.05, 0.1) is 19.2 Å². The van der Waals surface area contributed by atoms with E-state index in [1.165, 1.54) is 0 Å². The molecular weight excluding hydrogens is 333 g/mol. The summed E-state index contributed by atoms with van der Waals surface area (Å²) in [7, 11) is 0. The van der Waals surface area contributed by atoms with Crippen LogP contribution in [0.5, 0.6) is 0 Å². The minimum atomic E-state index is -0.338. The van der Waals surface area contributed by atoms with Crippen molar-refractivity contribution < 1.29 is 14.6 Å². The number of carbonyl (C=O) groups is 1. The fourth-order valence-corrected chi connectivity index (χ4v) is 2.39. The zero-order valence-electron chi connectivity index (χ0n) is 9.25. The van der Waals surface area contributed by atoms with E-state index in [0.717, 1.165) is 9.99 Å². The Morgan fingerprint density at radius 1 is 1.47 bits per heavy atom. The van der Waals surface area contributed by atoms with E-state index in [1.54, 1.807) is 4.90 Å². The van der Waals surface area contributed by atoms with Gasteiger partial charge in [-0.15, -0.1) is 0 Å². The number of alkyl halides is 1. The van der Waals surface area contributed by atoms with Crippen LogP contribution in [0.1, 0.15) is 11.6 Å². The molecule has 2 rings (SSSR count). The number of hydrogen-bond donors (Lipinski definition) is 1. The third-order valence-electron chi connectivity index (χ3n) is 2.81. The molecule has 0 unspecified atom stereocenters. The highest BCUT2D eigenvalue weighted by atomic mass is 127. The van der Waals surface area contributed by atoms with Crippen LogP contribution in [-0.4, -0.2) is 39.8 Å². The first-order valence-corrected chi connectivity index (χ1v) is 6.98. The molecule has 92 valence electrons. The number of rotatable bonds is 4. The Labute approximate surface area is 114 Å². The van der Waals surface area contributed by atoms with E-state index in [4.69, 9.17) is 4.74 Å². The molecule has 0 aliphatic carbocycles. The van der Waals surface area contributed by atoms with Crippen molar-refractivity contribution in [2.45, 2.75) is 12.1 Å². The summed E-state index contributed by atoms with van der Waals surface area (Å²) in [5.74, 6) is 0. The molecule has 1 saturated heterocycles. The number of nitrogens with zero attached hydrogens (tertiary/aromatic N) is 1. The second-order valence-corrected chi connectivity index (χ2v) is 4.80. The van der Waals surface area contributed by atoms with Crippen LogP contribution in [0.25, 0.3) is 0 Å². The van der Waals surface area contributed by atoms with Crippen molar-refractivity contribution in [2.75, 3.05) is 17.6 Å². The quantitative estimate of drug-likeness (QED) is 0.669. The summed E-state index contributed by atoms with van der Waals surface area (Å²) < 4.78 is 5.97. The van der Waals surface area contributed by atoms with Gasteiger partial charge in [-0.05, 0) is 5.56 Å². The van der Waals surface area contributed by atoms with Crippen molar-refractivity contribution in [1.29, 1.82) is 0 Å². The van der Waals surface area contributed by atoms with Crippen molar-refractivity contribution in [3.8, 4) is 0 Å². The van der Waals surface area contributed by atoms with Gasteiger partial charge < -0.3 is 9.84 Å². The van der Waals surface area contributed by atoms with Crippen molar-refractivity contribution in [3.63, 3.8) is 0 Å². The van der Waals surface area contributed by atoms with Crippen LogP contribution in [0.2, 0.25) is 0 Å². The third-order valence-corrected chi connectivity index (χ3v) is 3.79. The molecule has 1 aromatic carbocycles. The average Bonchev–Trinajstić information content (AvgIpc) is 2.73. The molecule has 1 aromatic rings. The molecule has 1 aliphatic rings. The molecule has 17 heavy (non-hydrogen) atoms. The van der Waals surface area contributed by atoms with Gasteiger partial charge >= 0.3 is 6.09 Å². The Morgan fingerprint density at radius 3 is 2.71 bits per heavy atom. The summed E-state index contributed by atoms with van der Waals surface area (Å²) in [5, 5.41) is 9.47. The third kappa shape index (κ3) is 2.71. The van der Waals surface area contributed by atoms with Crippen LogP contribution in [-0.2, 0) is 4.74 Å². The first-order chi connectivity index (χ1) is 8.26. The standard InChI is InChI=1S/C12H14INO3/c13-6-10-7-14(12(16)17-10)11(8-15)9-4-2-1-3-5-9/h1-5,10-11,15H,6-8H2/t10-,11+/m1/s1. The highest BCUT2D eigenvalue weighted by Gasteiger charge is 2.35. The zero-order chi connectivity index (χ0) is 12.3. The highest BCUT2D eigenvalue weighted by molar-refractivity contribution is 14.1. The molecule has 2 atom stereocenters. The monoisotopic (exact) mass is 347 g/mol. The van der Waals surface area contributed by atoms with E-state index < -0.39 is 0 Å². The van der Waals surface area contributed by atoms with E-state index in [2.05, 4.69) is 22.6 Å². The van der Waals surface area contributed by atoms with Crippen molar-refractivity contribution in [3.05, 3.63) is 35.9 Å². The van der Waals surface area contributed by atoms with E-state index in [0.29, 0.717) is 6.54 Å². The number of halogens is 1. The number of amides is 1. The first kappa shape index (κ1) is 12.6. The summed E-state index contributed by atoms with van der Waals surface area (Å²) in [6.45, 7) is 0.453. The molecule has 1 N–H and O–H groups in total. The molecule has 1 aliphatic heterocycles. The van der Waals surface area contributed by atoms with Gasteiger partial charge in [0.15, 0.2) is 0 Å². The van der Waals surface area contributed by atoms with Crippen LogP contribution in [0.15, 0.2) is 30.3 Å². The van der Waals surface area contributed by atoms with Gasteiger partial charge in [0.1, 0.15) is 6.10 Å². The lowest BCUT2D eigenvalue weighted by Crippen LogP contribution is -2.32. The van der Waals surface area contributed by atoms with Gasteiger partial charge in [0, 0.05) is 4.43 Å². The lowest BCUT2D eigenvalue weighted by molar-refractivity contribution is 0.120. The Kier molecular flexibility index (Phi) is 4.22. The van der Waals surface area contributed by atoms with Gasteiger partial charge in [0.25, 0.3) is 0 Å². The summed E-state index contributed by atoms with van der Waals surface area (Å²) in [6.07, 6.45) is -0.407. The maximum absolute atomic E-state index is 11.7. The highest BCUT2D eigenvalue weighted by Crippen LogP contribution is 2.26. The van der Waals surface area contributed by atoms with E-state index in [9.17, 15) is 9.90 Å². The average molecular weight is 347 g/mol. The van der Waals surface area contributed by atoms with Crippen LogP contribution in [0, 0.1) is 0 Å². The van der Waals surface area contributed by atoms with Crippen molar-refractivity contribution >= 4 is 28.7 Å². The molecular formula is C12H14INO3. The van der Waals surface area contributed by atoms with Crippen LogP contribution in [0.3, 0.4) is 0 Å². The minimum absolute atomic E-state index is 0.0686. The SMILES string of the molecule is O=C1O[C@H](CI)CN1[C@@H](CO)c1ccccc1. The molecule has 0 bridgehead atoms. The van der Waals surface area contributed by atoms with Gasteiger partial charge in [-0.1, -0.05) is 52.9 Å². The first-order valence-electron chi connectivity index (χ1n) is 5.45. The lowest BCUT2D eigenvalue weighted by atomic mass is 10.1. The topological polar surface area (TPSA) is 49.8 Å². The minimum Gasteiger partial charge on any atom is -0.443 e. The number of benzene rings is 1. The smallest absolute Gasteiger partial charge is 0.410 e. The molecule has 5 heteroatoms. The Balaban J connectivity index is 2.17. The normalized spacial score (nSPS) is 21.4. The molecule has 0 spiro atoms. The number of aliphatic hydroxyl groups excluding tert-OH is 1. The maximum Gasteiger partial charge on any atom is 0.410 e. The molecule has 0 aromatic heterocycles. The molecule has 0 radical (unpaired) electrons. The van der Waals surface area contributed by atoms with Crippen molar-refractivity contribution in [2.24, 2.45) is 0 Å². The second kappa shape index (κ2) is 5.68. The van der Waals surface area contributed by atoms with E-state index in [-0.39, 0.29) is 24.8 Å². The Bertz CT molecular complexity index is 385. The molecule has 0 saturated carbocycles. The summed E-state index contributed by atoms with van der Waals surface area (Å²) in [4.78, 5) is 13.3. The number of ether oxygens (including phenoxy) is 1. The maximum atomic E-state index is 11.7. The number of aliphatic hydroxyl groups is 1. The summed E-state index contributed by atoms with van der Waals surface area (Å²) in [6, 6.07) is 9.21. The number of carbonyl (C=O) groups excluding carboxylic acids is 1. The largest absolute Gasteiger partial charge is 0.443 e. The fraction of sp³-hybridized carbons (Fsp3) is 0.417. The second-order valence-electron chi connectivity index (χ2n) is 3.92. The predicted octanol–water partition coefficient (Wildman–Crippen LogP) is 1.98. The van der Waals surface area contributed by atoms with Crippen LogP contribution >= 0.6 is 22.6 Å². The van der Waals surface area contributed by atoms with Crippen LogP contribution < -0.4 is 0 Å². The van der Waals surface area contributed by atoms with Gasteiger partial charge in [-0.3, -0.25) is 4.90 Å². The lowest BCUT2D eigenvalue weighted by Gasteiger charge is -2.24.